The molecule has 1 aromatic carbocycles. The minimum atomic E-state index is -3.00. The molecule has 1 saturated heterocycles. The van der Waals surface area contributed by atoms with Crippen molar-refractivity contribution in [2.24, 2.45) is 0 Å². The van der Waals surface area contributed by atoms with Gasteiger partial charge >= 0.3 is 0 Å². The minimum Gasteiger partial charge on any atom is -0.337 e. The molecule has 0 unspecified atom stereocenters. The molecule has 1 aliphatic heterocycles. The number of carbonyl (C=O) groups is 1. The summed E-state index contributed by atoms with van der Waals surface area (Å²) in [6.07, 6.45) is 2.08. The number of benzene rings is 1. The van der Waals surface area contributed by atoms with Crippen LogP contribution in [0.15, 0.2) is 24.5 Å². The monoisotopic (exact) mass is 443 g/mol. The van der Waals surface area contributed by atoms with E-state index in [1.807, 2.05) is 37.6 Å². The molecule has 31 heavy (non-hydrogen) atoms. The lowest BCUT2D eigenvalue weighted by Gasteiger charge is -2.19. The third-order valence-corrected chi connectivity index (χ3v) is 7.56. The number of hydrogen-bond donors (Lipinski definition) is 0. The summed E-state index contributed by atoms with van der Waals surface area (Å²) in [5.41, 5.74) is 4.93. The summed E-state index contributed by atoms with van der Waals surface area (Å²) in [5, 5.41) is 15.8. The van der Waals surface area contributed by atoms with E-state index in [0.717, 1.165) is 28.2 Å². The molecule has 164 valence electrons. The first-order valence-electron chi connectivity index (χ1n) is 10.0. The van der Waals surface area contributed by atoms with Crippen molar-refractivity contribution in [2.45, 2.75) is 39.8 Å². The maximum atomic E-state index is 13.0. The lowest BCUT2D eigenvalue weighted by atomic mass is 10.1. The van der Waals surface area contributed by atoms with Crippen LogP contribution in [0.4, 0.5) is 0 Å². The predicted molar refractivity (Wildman–Crippen MR) is 114 cm³/mol. The van der Waals surface area contributed by atoms with E-state index < -0.39 is 9.84 Å². The zero-order valence-corrected chi connectivity index (χ0v) is 18.8. The van der Waals surface area contributed by atoms with Crippen molar-refractivity contribution in [3.63, 3.8) is 0 Å². The first-order valence-corrected chi connectivity index (χ1v) is 11.8. The number of carbonyl (C=O) groups excluding carboxylic acids is 1. The highest BCUT2D eigenvalue weighted by Crippen LogP contribution is 2.27. The molecule has 0 N–H and O–H groups in total. The molecule has 3 heterocycles. The highest BCUT2D eigenvalue weighted by Gasteiger charge is 2.31. The summed E-state index contributed by atoms with van der Waals surface area (Å²) in [7, 11) is -1.25. The number of tetrazole rings is 1. The average molecular weight is 444 g/mol. The Bertz CT molecular complexity index is 1230. The van der Waals surface area contributed by atoms with Gasteiger partial charge < -0.3 is 4.90 Å². The number of hydrogen-bond acceptors (Lipinski definition) is 7. The third kappa shape index (κ3) is 4.09. The topological polar surface area (TPSA) is 116 Å². The van der Waals surface area contributed by atoms with E-state index in [1.54, 1.807) is 22.7 Å². The van der Waals surface area contributed by atoms with Gasteiger partial charge in [0.2, 0.25) is 0 Å². The molecule has 0 aliphatic carbocycles. The minimum absolute atomic E-state index is 0.110. The Morgan fingerprint density at radius 2 is 2.03 bits per heavy atom. The summed E-state index contributed by atoms with van der Waals surface area (Å²) in [5.74, 6) is 0.209. The van der Waals surface area contributed by atoms with Crippen molar-refractivity contribution >= 4 is 15.7 Å². The van der Waals surface area contributed by atoms with Crippen LogP contribution in [-0.4, -0.2) is 67.8 Å². The number of nitrogens with zero attached hydrogens (tertiary/aromatic N) is 7. The standard InChI is InChI=1S/C20H25N7O3S/c1-13-9-16(5-6-19(13)26-12-21-23-24-26)20(28)25(4)10-18-14(2)22-27(15(18)3)17-7-8-31(29,30)11-17/h5-6,9,12,17H,7-8,10-11H2,1-4H3/t17-/m1/s1. The van der Waals surface area contributed by atoms with Crippen LogP contribution in [0.1, 0.15) is 45.3 Å². The number of aromatic nitrogens is 6. The highest BCUT2D eigenvalue weighted by atomic mass is 32.2. The van der Waals surface area contributed by atoms with Gasteiger partial charge in [-0.15, -0.1) is 5.10 Å². The zero-order valence-electron chi connectivity index (χ0n) is 18.0. The molecule has 10 nitrogen and oxygen atoms in total. The molecule has 2 aromatic heterocycles. The van der Waals surface area contributed by atoms with Gasteiger partial charge in [0.25, 0.3) is 5.91 Å². The summed E-state index contributed by atoms with van der Waals surface area (Å²) >= 11 is 0. The van der Waals surface area contributed by atoms with E-state index in [4.69, 9.17) is 0 Å². The van der Waals surface area contributed by atoms with E-state index in [9.17, 15) is 13.2 Å². The zero-order chi connectivity index (χ0) is 22.3. The van der Waals surface area contributed by atoms with Crippen LogP contribution < -0.4 is 0 Å². The maximum Gasteiger partial charge on any atom is 0.253 e. The first-order chi connectivity index (χ1) is 14.7. The van der Waals surface area contributed by atoms with Crippen molar-refractivity contribution in [2.75, 3.05) is 18.6 Å². The lowest BCUT2D eigenvalue weighted by molar-refractivity contribution is 0.0784. The van der Waals surface area contributed by atoms with Crippen LogP contribution in [0.3, 0.4) is 0 Å². The van der Waals surface area contributed by atoms with Crippen LogP contribution in [0, 0.1) is 20.8 Å². The van der Waals surface area contributed by atoms with Gasteiger partial charge in [0.1, 0.15) is 6.33 Å². The normalized spacial score (nSPS) is 17.7. The lowest BCUT2D eigenvalue weighted by Crippen LogP contribution is -2.27. The molecule has 4 rings (SSSR count). The van der Waals surface area contributed by atoms with Gasteiger partial charge in [0, 0.05) is 30.4 Å². The largest absolute Gasteiger partial charge is 0.337 e. The molecule has 0 saturated carbocycles. The van der Waals surface area contributed by atoms with E-state index in [2.05, 4.69) is 20.6 Å². The molecule has 0 bridgehead atoms. The SMILES string of the molecule is Cc1cc(C(=O)N(C)Cc2c(C)nn([C@@H]3CCS(=O)(=O)C3)c2C)ccc1-n1cnnn1. The number of sulfone groups is 1. The van der Waals surface area contributed by atoms with Crippen LogP contribution in [-0.2, 0) is 16.4 Å². The van der Waals surface area contributed by atoms with Gasteiger partial charge in [-0.3, -0.25) is 9.48 Å². The Hall–Kier alpha value is -3.08. The van der Waals surface area contributed by atoms with Crippen molar-refractivity contribution in [1.29, 1.82) is 0 Å². The number of rotatable bonds is 5. The van der Waals surface area contributed by atoms with Gasteiger partial charge in [-0.25, -0.2) is 13.1 Å². The van der Waals surface area contributed by atoms with Crippen molar-refractivity contribution in [3.8, 4) is 5.69 Å². The fourth-order valence-electron chi connectivity index (χ4n) is 4.10. The quantitative estimate of drug-likeness (QED) is 0.585. The van der Waals surface area contributed by atoms with Crippen LogP contribution in [0.2, 0.25) is 0 Å². The summed E-state index contributed by atoms with van der Waals surface area (Å²) in [6.45, 7) is 6.13. The second-order valence-corrected chi connectivity index (χ2v) is 10.3. The molecule has 3 aromatic rings. The Balaban J connectivity index is 1.53. The molecule has 1 aliphatic rings. The molecule has 0 spiro atoms. The number of aryl methyl sites for hydroxylation is 2. The van der Waals surface area contributed by atoms with Crippen molar-refractivity contribution in [3.05, 3.63) is 52.6 Å². The summed E-state index contributed by atoms with van der Waals surface area (Å²) < 4.78 is 27.1. The number of amides is 1. The molecule has 11 heteroatoms. The van der Waals surface area contributed by atoms with Gasteiger partial charge in [0.15, 0.2) is 9.84 Å². The molecule has 1 atom stereocenters. The van der Waals surface area contributed by atoms with E-state index in [0.29, 0.717) is 18.5 Å². The van der Waals surface area contributed by atoms with Gasteiger partial charge in [-0.1, -0.05) is 0 Å². The molecular formula is C20H25N7O3S. The van der Waals surface area contributed by atoms with E-state index in [-0.39, 0.29) is 23.5 Å². The van der Waals surface area contributed by atoms with Gasteiger partial charge in [-0.2, -0.15) is 5.10 Å². The molecule has 0 radical (unpaired) electrons. The fraction of sp³-hybridized carbons (Fsp3) is 0.450. The van der Waals surface area contributed by atoms with Gasteiger partial charge in [-0.05, 0) is 61.4 Å². The summed E-state index contributed by atoms with van der Waals surface area (Å²) in [4.78, 5) is 14.7. The van der Waals surface area contributed by atoms with Crippen molar-refractivity contribution in [1.82, 2.24) is 34.9 Å². The third-order valence-electron chi connectivity index (χ3n) is 5.81. The summed E-state index contributed by atoms with van der Waals surface area (Å²) in [6, 6.07) is 5.26. The smallest absolute Gasteiger partial charge is 0.253 e. The predicted octanol–water partition coefficient (Wildman–Crippen LogP) is 1.42. The highest BCUT2D eigenvalue weighted by molar-refractivity contribution is 7.91. The maximum absolute atomic E-state index is 13.0. The molecule has 1 fully saturated rings. The average Bonchev–Trinajstić information content (AvgIpc) is 3.43. The van der Waals surface area contributed by atoms with Crippen molar-refractivity contribution < 1.29 is 13.2 Å². The Labute approximate surface area is 180 Å². The van der Waals surface area contributed by atoms with E-state index >= 15 is 0 Å². The van der Waals surface area contributed by atoms with Crippen LogP contribution in [0.25, 0.3) is 5.69 Å². The first kappa shape index (κ1) is 21.2. The Kier molecular flexibility index (Phi) is 5.38. The Morgan fingerprint density at radius 3 is 2.65 bits per heavy atom. The second-order valence-electron chi connectivity index (χ2n) is 8.07. The van der Waals surface area contributed by atoms with Crippen LogP contribution in [0.5, 0.6) is 0 Å². The van der Waals surface area contributed by atoms with E-state index in [1.165, 1.54) is 6.33 Å². The molecule has 1 amide bonds. The fourth-order valence-corrected chi connectivity index (χ4v) is 5.79. The second kappa shape index (κ2) is 7.88. The van der Waals surface area contributed by atoms with Crippen LogP contribution >= 0.6 is 0 Å². The Morgan fingerprint density at radius 1 is 1.26 bits per heavy atom. The molecular weight excluding hydrogens is 418 g/mol. The van der Waals surface area contributed by atoms with Gasteiger partial charge in [0.05, 0.1) is 28.9 Å².